The SMILES string of the molecule is CC[CH]S(=O)(=O)CCCCCCCCCC. The maximum absolute atomic E-state index is 11.3. The minimum Gasteiger partial charge on any atom is -0.229 e. The Morgan fingerprint density at radius 1 is 0.812 bits per heavy atom. The summed E-state index contributed by atoms with van der Waals surface area (Å²) in [7, 11) is -2.86. The van der Waals surface area contributed by atoms with Crippen molar-refractivity contribution >= 4 is 9.84 Å². The highest BCUT2D eigenvalue weighted by Gasteiger charge is 2.08. The van der Waals surface area contributed by atoms with Crippen LogP contribution in [0.2, 0.25) is 0 Å². The lowest BCUT2D eigenvalue weighted by atomic mass is 10.1. The molecule has 97 valence electrons. The van der Waals surface area contributed by atoms with Gasteiger partial charge in [-0.15, -0.1) is 0 Å². The van der Waals surface area contributed by atoms with E-state index < -0.39 is 9.84 Å². The third-order valence-corrected chi connectivity index (χ3v) is 4.40. The molecule has 0 aromatic carbocycles. The second kappa shape index (κ2) is 10.1. The molecule has 0 fully saturated rings. The lowest BCUT2D eigenvalue weighted by molar-refractivity contribution is 0.574. The molecule has 2 nitrogen and oxygen atoms in total. The molecule has 0 saturated carbocycles. The van der Waals surface area contributed by atoms with Gasteiger partial charge in [0.05, 0.1) is 11.5 Å². The number of rotatable bonds is 11. The van der Waals surface area contributed by atoms with E-state index >= 15 is 0 Å². The van der Waals surface area contributed by atoms with Crippen LogP contribution < -0.4 is 0 Å². The van der Waals surface area contributed by atoms with E-state index in [9.17, 15) is 8.42 Å². The second-order valence-electron chi connectivity index (χ2n) is 4.42. The molecule has 0 bridgehead atoms. The van der Waals surface area contributed by atoms with Crippen LogP contribution in [0, 0.1) is 5.75 Å². The zero-order chi connectivity index (χ0) is 12.3. The Labute approximate surface area is 102 Å². The van der Waals surface area contributed by atoms with Gasteiger partial charge in [0.25, 0.3) is 0 Å². The fraction of sp³-hybridized carbons (Fsp3) is 0.923. The Balaban J connectivity index is 3.27. The highest BCUT2D eigenvalue weighted by molar-refractivity contribution is 7.93. The van der Waals surface area contributed by atoms with Crippen LogP contribution in [0.1, 0.15) is 71.6 Å². The average molecular weight is 247 g/mol. The summed E-state index contributed by atoms with van der Waals surface area (Å²) in [5.74, 6) is 1.78. The van der Waals surface area contributed by atoms with Crippen LogP contribution in [-0.2, 0) is 9.84 Å². The van der Waals surface area contributed by atoms with Crippen LogP contribution in [0.25, 0.3) is 0 Å². The van der Waals surface area contributed by atoms with Crippen molar-refractivity contribution in [3.63, 3.8) is 0 Å². The van der Waals surface area contributed by atoms with Gasteiger partial charge in [0.15, 0.2) is 9.84 Å². The molecule has 0 unspecified atom stereocenters. The normalized spacial score (nSPS) is 11.9. The molecule has 0 spiro atoms. The first-order valence-corrected chi connectivity index (χ1v) is 8.40. The maximum atomic E-state index is 11.3. The number of hydrogen-bond acceptors (Lipinski definition) is 2. The van der Waals surface area contributed by atoms with E-state index in [2.05, 4.69) is 6.92 Å². The lowest BCUT2D eigenvalue weighted by Crippen LogP contribution is -2.05. The highest BCUT2D eigenvalue weighted by Crippen LogP contribution is 2.10. The van der Waals surface area contributed by atoms with Gasteiger partial charge in [0.1, 0.15) is 0 Å². The predicted octanol–water partition coefficient (Wildman–Crippen LogP) is 4.11. The van der Waals surface area contributed by atoms with E-state index in [0.29, 0.717) is 12.2 Å². The van der Waals surface area contributed by atoms with E-state index in [-0.39, 0.29) is 0 Å². The summed E-state index contributed by atoms with van der Waals surface area (Å²) in [6.45, 7) is 4.08. The fourth-order valence-electron chi connectivity index (χ4n) is 1.77. The van der Waals surface area contributed by atoms with E-state index in [1.165, 1.54) is 44.3 Å². The Hall–Kier alpha value is -0.0500. The third kappa shape index (κ3) is 10.5. The molecule has 1 radical (unpaired) electrons. The first-order valence-electron chi connectivity index (χ1n) is 6.68. The number of unbranched alkanes of at least 4 members (excludes halogenated alkanes) is 7. The van der Waals surface area contributed by atoms with E-state index in [1.54, 1.807) is 0 Å². The molecule has 0 aliphatic heterocycles. The standard InChI is InChI=1S/C13H27O2S/c1-3-5-6-7-8-9-10-11-13-16(14,15)12-4-2/h12H,3-11,13H2,1-2H3. The van der Waals surface area contributed by atoms with Crippen molar-refractivity contribution in [2.45, 2.75) is 71.6 Å². The molecule has 0 amide bonds. The van der Waals surface area contributed by atoms with Gasteiger partial charge in [0, 0.05) is 0 Å². The van der Waals surface area contributed by atoms with Crippen molar-refractivity contribution in [1.82, 2.24) is 0 Å². The van der Waals surface area contributed by atoms with Gasteiger partial charge in [-0.2, -0.15) is 0 Å². The van der Waals surface area contributed by atoms with E-state index in [0.717, 1.165) is 12.8 Å². The topological polar surface area (TPSA) is 34.1 Å². The van der Waals surface area contributed by atoms with Crippen LogP contribution in [0.3, 0.4) is 0 Å². The van der Waals surface area contributed by atoms with Crippen LogP contribution >= 0.6 is 0 Å². The van der Waals surface area contributed by atoms with E-state index in [1.807, 2.05) is 6.92 Å². The van der Waals surface area contributed by atoms with Gasteiger partial charge in [-0.1, -0.05) is 58.8 Å². The molecule has 3 heteroatoms. The molecule has 16 heavy (non-hydrogen) atoms. The number of sulfone groups is 1. The first-order chi connectivity index (χ1) is 7.62. The molecule has 0 heterocycles. The third-order valence-electron chi connectivity index (χ3n) is 2.70. The molecular formula is C13H27O2S. The Kier molecular flexibility index (Phi) is 10.1. The Morgan fingerprint density at radius 3 is 1.81 bits per heavy atom. The van der Waals surface area contributed by atoms with Crippen LogP contribution in [-0.4, -0.2) is 14.2 Å². The molecule has 0 rings (SSSR count). The molecule has 0 N–H and O–H groups in total. The molecule has 0 atom stereocenters. The first kappa shape index (κ1) is 16.0. The van der Waals surface area contributed by atoms with Crippen LogP contribution in [0.5, 0.6) is 0 Å². The summed E-state index contributed by atoms with van der Waals surface area (Å²) >= 11 is 0. The van der Waals surface area contributed by atoms with Crippen molar-refractivity contribution in [2.75, 3.05) is 5.75 Å². The zero-order valence-corrected chi connectivity index (χ0v) is 11.7. The minimum absolute atomic E-state index is 0.343. The molecule has 0 aliphatic carbocycles. The summed E-state index contributed by atoms with van der Waals surface area (Å²) in [5, 5.41) is 0. The molecule has 0 aromatic heterocycles. The van der Waals surface area contributed by atoms with Crippen molar-refractivity contribution in [2.24, 2.45) is 0 Å². The summed E-state index contributed by atoms with van der Waals surface area (Å²) in [4.78, 5) is 0. The summed E-state index contributed by atoms with van der Waals surface area (Å²) in [5.41, 5.74) is 0. The second-order valence-corrected chi connectivity index (χ2v) is 6.48. The molecule has 0 saturated heterocycles. The predicted molar refractivity (Wildman–Crippen MR) is 71.0 cm³/mol. The van der Waals surface area contributed by atoms with Crippen molar-refractivity contribution in [3.8, 4) is 0 Å². The van der Waals surface area contributed by atoms with Crippen molar-refractivity contribution < 1.29 is 8.42 Å². The lowest BCUT2D eigenvalue weighted by Gasteiger charge is -2.02. The van der Waals surface area contributed by atoms with Gasteiger partial charge < -0.3 is 0 Å². The molecule has 0 aromatic rings. The molecular weight excluding hydrogens is 220 g/mol. The van der Waals surface area contributed by atoms with Gasteiger partial charge in [-0.25, -0.2) is 8.42 Å². The zero-order valence-electron chi connectivity index (χ0n) is 10.9. The monoisotopic (exact) mass is 247 g/mol. The van der Waals surface area contributed by atoms with Crippen molar-refractivity contribution in [3.05, 3.63) is 5.75 Å². The minimum atomic E-state index is -2.86. The Bertz CT molecular complexity index is 232. The van der Waals surface area contributed by atoms with Gasteiger partial charge in [0.2, 0.25) is 0 Å². The number of hydrogen-bond donors (Lipinski definition) is 0. The quantitative estimate of drug-likeness (QED) is 0.515. The summed E-state index contributed by atoms with van der Waals surface area (Å²) < 4.78 is 22.7. The highest BCUT2D eigenvalue weighted by atomic mass is 32.2. The van der Waals surface area contributed by atoms with Gasteiger partial charge >= 0.3 is 0 Å². The van der Waals surface area contributed by atoms with Gasteiger partial charge in [-0.3, -0.25) is 0 Å². The fourth-order valence-corrected chi connectivity index (χ4v) is 3.06. The molecule has 0 aliphatic rings. The van der Waals surface area contributed by atoms with Crippen molar-refractivity contribution in [1.29, 1.82) is 0 Å². The Morgan fingerprint density at radius 2 is 1.31 bits per heavy atom. The summed E-state index contributed by atoms with van der Waals surface area (Å²) in [6, 6.07) is 0. The average Bonchev–Trinajstić information content (AvgIpc) is 2.22. The van der Waals surface area contributed by atoms with Crippen LogP contribution in [0.4, 0.5) is 0 Å². The summed E-state index contributed by atoms with van der Waals surface area (Å²) in [6.07, 6.45) is 10.2. The smallest absolute Gasteiger partial charge is 0.154 e. The van der Waals surface area contributed by atoms with Gasteiger partial charge in [-0.05, 0) is 12.8 Å². The van der Waals surface area contributed by atoms with Crippen LogP contribution in [0.15, 0.2) is 0 Å². The van der Waals surface area contributed by atoms with E-state index in [4.69, 9.17) is 0 Å². The maximum Gasteiger partial charge on any atom is 0.154 e. The largest absolute Gasteiger partial charge is 0.229 e.